The fourth-order valence-corrected chi connectivity index (χ4v) is 3.35. The highest BCUT2D eigenvalue weighted by atomic mass is 19.1. The highest BCUT2D eigenvalue weighted by Crippen LogP contribution is 2.21. The summed E-state index contributed by atoms with van der Waals surface area (Å²) in [7, 11) is 0. The van der Waals surface area contributed by atoms with Crippen LogP contribution in [0.1, 0.15) is 10.4 Å². The standard InChI is InChI=1S/C22H20F2N4O/c23-17-5-7-19(8-6-17)27-9-11-28(12-10-27)22(29)16-13-18(15-25-14-16)26-21-4-2-1-3-20(21)24/h1-8,13-15,26H,9-12H2. The second kappa shape index (κ2) is 8.26. The third-order valence-corrected chi connectivity index (χ3v) is 4.90. The second-order valence-electron chi connectivity index (χ2n) is 6.82. The van der Waals surface area contributed by atoms with Crippen LogP contribution in [0, 0.1) is 11.6 Å². The van der Waals surface area contributed by atoms with Gasteiger partial charge in [0.05, 0.1) is 23.1 Å². The quantitative estimate of drug-likeness (QED) is 0.725. The first kappa shape index (κ1) is 18.9. The van der Waals surface area contributed by atoms with E-state index < -0.39 is 0 Å². The Morgan fingerprint density at radius 3 is 2.38 bits per heavy atom. The molecular weight excluding hydrogens is 374 g/mol. The van der Waals surface area contributed by atoms with E-state index in [9.17, 15) is 13.6 Å². The lowest BCUT2D eigenvalue weighted by Crippen LogP contribution is -2.48. The van der Waals surface area contributed by atoms with Crippen molar-refractivity contribution in [1.29, 1.82) is 0 Å². The number of hydrogen-bond donors (Lipinski definition) is 1. The SMILES string of the molecule is O=C(c1cncc(Nc2ccccc2F)c1)N1CCN(c2ccc(F)cc2)CC1. The van der Waals surface area contributed by atoms with Gasteiger partial charge in [-0.2, -0.15) is 0 Å². The van der Waals surface area contributed by atoms with Crippen molar-refractivity contribution in [2.75, 3.05) is 36.4 Å². The molecule has 2 heterocycles. The number of rotatable bonds is 4. The second-order valence-corrected chi connectivity index (χ2v) is 6.82. The van der Waals surface area contributed by atoms with E-state index in [2.05, 4.69) is 15.2 Å². The van der Waals surface area contributed by atoms with Gasteiger partial charge in [-0.1, -0.05) is 12.1 Å². The number of benzene rings is 2. The van der Waals surface area contributed by atoms with Crippen molar-refractivity contribution in [3.63, 3.8) is 0 Å². The molecule has 1 amide bonds. The van der Waals surface area contributed by atoms with Gasteiger partial charge in [-0.15, -0.1) is 0 Å². The van der Waals surface area contributed by atoms with Crippen LogP contribution in [0.2, 0.25) is 0 Å². The zero-order valence-corrected chi connectivity index (χ0v) is 15.7. The first-order chi connectivity index (χ1) is 14.1. The highest BCUT2D eigenvalue weighted by molar-refractivity contribution is 5.95. The number of carbonyl (C=O) groups excluding carboxylic acids is 1. The van der Waals surface area contributed by atoms with E-state index in [4.69, 9.17) is 0 Å². The molecule has 0 saturated carbocycles. The Balaban J connectivity index is 1.41. The Labute approximate surface area is 167 Å². The molecule has 1 saturated heterocycles. The lowest BCUT2D eigenvalue weighted by molar-refractivity contribution is 0.0746. The van der Waals surface area contributed by atoms with Crippen molar-refractivity contribution in [2.45, 2.75) is 0 Å². The van der Waals surface area contributed by atoms with Crippen LogP contribution in [0.5, 0.6) is 0 Å². The first-order valence-corrected chi connectivity index (χ1v) is 9.36. The van der Waals surface area contributed by atoms with E-state index >= 15 is 0 Å². The van der Waals surface area contributed by atoms with E-state index in [1.54, 1.807) is 47.5 Å². The third kappa shape index (κ3) is 4.34. The molecule has 4 rings (SSSR count). The van der Waals surface area contributed by atoms with Crippen LogP contribution in [0.15, 0.2) is 67.0 Å². The maximum atomic E-state index is 13.8. The summed E-state index contributed by atoms with van der Waals surface area (Å²) in [6.07, 6.45) is 3.07. The molecule has 5 nitrogen and oxygen atoms in total. The molecule has 0 radical (unpaired) electrons. The zero-order valence-electron chi connectivity index (χ0n) is 15.7. The van der Waals surface area contributed by atoms with Gasteiger partial charge in [-0.25, -0.2) is 8.78 Å². The van der Waals surface area contributed by atoms with E-state index in [1.165, 1.54) is 24.4 Å². The topological polar surface area (TPSA) is 48.5 Å². The molecule has 0 aliphatic carbocycles. The molecule has 0 spiro atoms. The molecule has 0 bridgehead atoms. The molecule has 29 heavy (non-hydrogen) atoms. The Morgan fingerprint density at radius 2 is 1.66 bits per heavy atom. The van der Waals surface area contributed by atoms with E-state index in [-0.39, 0.29) is 17.5 Å². The molecule has 3 aromatic rings. The maximum absolute atomic E-state index is 13.8. The predicted molar refractivity (Wildman–Crippen MR) is 108 cm³/mol. The van der Waals surface area contributed by atoms with Crippen molar-refractivity contribution in [1.82, 2.24) is 9.88 Å². The van der Waals surface area contributed by atoms with Crippen molar-refractivity contribution in [2.24, 2.45) is 0 Å². The molecule has 1 aromatic heterocycles. The number of carbonyl (C=O) groups is 1. The number of halogens is 2. The number of anilines is 3. The van der Waals surface area contributed by atoms with Crippen molar-refractivity contribution >= 4 is 23.0 Å². The summed E-state index contributed by atoms with van der Waals surface area (Å²) in [5.74, 6) is -0.756. The largest absolute Gasteiger partial charge is 0.368 e. The fraction of sp³-hybridized carbons (Fsp3) is 0.182. The number of pyridine rings is 1. The summed E-state index contributed by atoms with van der Waals surface area (Å²) in [6.45, 7) is 2.44. The minimum Gasteiger partial charge on any atom is -0.368 e. The molecule has 7 heteroatoms. The van der Waals surface area contributed by atoms with Crippen molar-refractivity contribution in [3.05, 3.63) is 84.2 Å². The number of nitrogens with one attached hydrogen (secondary N) is 1. The van der Waals surface area contributed by atoms with Crippen LogP contribution in [-0.4, -0.2) is 42.0 Å². The number of piperazine rings is 1. The van der Waals surface area contributed by atoms with Gasteiger partial charge < -0.3 is 15.1 Å². The van der Waals surface area contributed by atoms with Gasteiger partial charge in [0.2, 0.25) is 0 Å². The van der Waals surface area contributed by atoms with Crippen molar-refractivity contribution < 1.29 is 13.6 Å². The Kier molecular flexibility index (Phi) is 5.37. The fourth-order valence-electron chi connectivity index (χ4n) is 3.35. The minimum absolute atomic E-state index is 0.117. The number of aromatic nitrogens is 1. The van der Waals surface area contributed by atoms with Crippen LogP contribution < -0.4 is 10.2 Å². The molecule has 0 unspecified atom stereocenters. The van der Waals surface area contributed by atoms with Gasteiger partial charge >= 0.3 is 0 Å². The maximum Gasteiger partial charge on any atom is 0.255 e. The Hall–Kier alpha value is -3.48. The van der Waals surface area contributed by atoms with Gasteiger partial charge in [0.15, 0.2) is 0 Å². The summed E-state index contributed by atoms with van der Waals surface area (Å²) < 4.78 is 26.9. The van der Waals surface area contributed by atoms with Gasteiger partial charge in [0.25, 0.3) is 5.91 Å². The summed E-state index contributed by atoms with van der Waals surface area (Å²) in [5.41, 5.74) is 2.26. The molecule has 1 aliphatic heterocycles. The lowest BCUT2D eigenvalue weighted by atomic mass is 10.2. The smallest absolute Gasteiger partial charge is 0.255 e. The Morgan fingerprint density at radius 1 is 0.931 bits per heavy atom. The number of amides is 1. The van der Waals surface area contributed by atoms with E-state index in [1.807, 2.05) is 0 Å². The molecule has 1 aliphatic rings. The van der Waals surface area contributed by atoms with Gasteiger partial charge in [-0.3, -0.25) is 9.78 Å². The number of hydrogen-bond acceptors (Lipinski definition) is 4. The first-order valence-electron chi connectivity index (χ1n) is 9.36. The Bertz CT molecular complexity index is 1000. The van der Waals surface area contributed by atoms with Gasteiger partial charge in [-0.05, 0) is 42.5 Å². The minimum atomic E-state index is -0.374. The van der Waals surface area contributed by atoms with Crippen LogP contribution in [0.4, 0.5) is 25.8 Å². The van der Waals surface area contributed by atoms with Crippen LogP contribution in [-0.2, 0) is 0 Å². The summed E-state index contributed by atoms with van der Waals surface area (Å²) in [6, 6.07) is 14.4. The van der Waals surface area contributed by atoms with Crippen LogP contribution in [0.3, 0.4) is 0 Å². The highest BCUT2D eigenvalue weighted by Gasteiger charge is 2.23. The molecule has 2 aromatic carbocycles. The van der Waals surface area contributed by atoms with Gasteiger partial charge in [0, 0.05) is 38.1 Å². The van der Waals surface area contributed by atoms with Crippen LogP contribution in [0.25, 0.3) is 0 Å². The third-order valence-electron chi connectivity index (χ3n) is 4.90. The van der Waals surface area contributed by atoms with Crippen LogP contribution >= 0.6 is 0 Å². The van der Waals surface area contributed by atoms with E-state index in [0.717, 1.165) is 5.69 Å². The summed E-state index contributed by atoms with van der Waals surface area (Å²) >= 11 is 0. The number of nitrogens with zero attached hydrogens (tertiary/aromatic N) is 3. The zero-order chi connectivity index (χ0) is 20.2. The summed E-state index contributed by atoms with van der Waals surface area (Å²) in [4.78, 5) is 20.9. The lowest BCUT2D eigenvalue weighted by Gasteiger charge is -2.36. The molecule has 1 N–H and O–H groups in total. The van der Waals surface area contributed by atoms with Gasteiger partial charge in [0.1, 0.15) is 11.6 Å². The van der Waals surface area contributed by atoms with E-state index in [0.29, 0.717) is 43.1 Å². The molecular formula is C22H20F2N4O. The predicted octanol–water partition coefficient (Wildman–Crippen LogP) is 4.07. The normalized spacial score (nSPS) is 14.0. The monoisotopic (exact) mass is 394 g/mol. The average Bonchev–Trinajstić information content (AvgIpc) is 2.76. The molecule has 0 atom stereocenters. The average molecular weight is 394 g/mol. The number of para-hydroxylation sites is 1. The molecule has 1 fully saturated rings. The summed E-state index contributed by atoms with van der Waals surface area (Å²) in [5, 5.41) is 2.96. The van der Waals surface area contributed by atoms with Crippen molar-refractivity contribution in [3.8, 4) is 0 Å². The molecule has 148 valence electrons.